The van der Waals surface area contributed by atoms with E-state index in [1.165, 1.54) is 0 Å². The van der Waals surface area contributed by atoms with Crippen LogP contribution in [0.2, 0.25) is 5.02 Å². The Kier molecular flexibility index (Phi) is 6.18. The van der Waals surface area contributed by atoms with E-state index in [4.69, 9.17) is 16.3 Å². The van der Waals surface area contributed by atoms with Crippen LogP contribution in [0.1, 0.15) is 16.7 Å². The molecule has 0 spiro atoms. The fourth-order valence-corrected chi connectivity index (χ4v) is 4.22. The van der Waals surface area contributed by atoms with E-state index in [1.807, 2.05) is 84.9 Å². The molecule has 2 nitrogen and oxygen atoms in total. The van der Waals surface area contributed by atoms with Gasteiger partial charge in [0.1, 0.15) is 6.61 Å². The van der Waals surface area contributed by atoms with Crippen molar-refractivity contribution in [2.24, 2.45) is 0 Å². The lowest BCUT2D eigenvalue weighted by atomic mass is 10.00. The van der Waals surface area contributed by atoms with Gasteiger partial charge in [0.2, 0.25) is 0 Å². The summed E-state index contributed by atoms with van der Waals surface area (Å²) in [4.78, 5) is 0. The van der Waals surface area contributed by atoms with Gasteiger partial charge in [0, 0.05) is 0 Å². The summed E-state index contributed by atoms with van der Waals surface area (Å²) >= 11 is 10.0. The van der Waals surface area contributed by atoms with Crippen molar-refractivity contribution in [2.75, 3.05) is 0 Å². The van der Waals surface area contributed by atoms with Gasteiger partial charge in [-0.1, -0.05) is 78.3 Å². The van der Waals surface area contributed by atoms with E-state index in [-0.39, 0.29) is 0 Å². The zero-order chi connectivity index (χ0) is 20.9. The predicted octanol–water partition coefficient (Wildman–Crippen LogP) is 7.90. The van der Waals surface area contributed by atoms with Crippen molar-refractivity contribution in [3.8, 4) is 11.8 Å². The van der Waals surface area contributed by atoms with E-state index in [2.05, 4.69) is 28.1 Å². The molecule has 0 atom stereocenters. The van der Waals surface area contributed by atoms with Crippen LogP contribution in [0.5, 0.6) is 5.75 Å². The molecule has 4 aromatic carbocycles. The quantitative estimate of drug-likeness (QED) is 0.217. The van der Waals surface area contributed by atoms with Crippen molar-refractivity contribution in [3.63, 3.8) is 0 Å². The highest BCUT2D eigenvalue weighted by molar-refractivity contribution is 9.10. The Hall–Kier alpha value is -3.06. The van der Waals surface area contributed by atoms with Crippen LogP contribution in [0.3, 0.4) is 0 Å². The molecule has 0 N–H and O–H groups in total. The Balaban J connectivity index is 1.62. The average Bonchev–Trinajstić information content (AvgIpc) is 2.77. The number of hydrogen-bond acceptors (Lipinski definition) is 2. The number of halogens is 2. The van der Waals surface area contributed by atoms with Crippen LogP contribution in [-0.2, 0) is 6.61 Å². The van der Waals surface area contributed by atoms with Crippen LogP contribution in [0.15, 0.2) is 89.4 Å². The third-order valence-corrected chi connectivity index (χ3v) is 5.61. The number of nitrogens with zero attached hydrogens (tertiary/aromatic N) is 1. The lowest BCUT2D eigenvalue weighted by Crippen LogP contribution is -1.97. The van der Waals surface area contributed by atoms with E-state index in [1.54, 1.807) is 0 Å². The van der Waals surface area contributed by atoms with E-state index >= 15 is 0 Å². The number of allylic oxidation sites excluding steroid dienone is 1. The lowest BCUT2D eigenvalue weighted by molar-refractivity contribution is 0.304. The smallest absolute Gasteiger partial charge is 0.152 e. The van der Waals surface area contributed by atoms with Gasteiger partial charge in [0.15, 0.2) is 5.75 Å². The average molecular weight is 475 g/mol. The van der Waals surface area contributed by atoms with Crippen LogP contribution in [0, 0.1) is 11.3 Å². The standard InChI is InChI=1S/C26H17BrClNO/c27-24-13-19(14-25(28)26(24)30-17-18-6-2-1-3-7-18)12-23(16-29)22-11-10-20-8-4-5-9-21(20)15-22/h1-15H,17H2/b23-12-. The minimum absolute atomic E-state index is 0.425. The fourth-order valence-electron chi connectivity index (χ4n) is 3.23. The number of rotatable bonds is 5. The van der Waals surface area contributed by atoms with Crippen LogP contribution in [-0.4, -0.2) is 0 Å². The van der Waals surface area contributed by atoms with Gasteiger partial charge in [-0.3, -0.25) is 0 Å². The summed E-state index contributed by atoms with van der Waals surface area (Å²) in [6, 6.07) is 30.0. The molecule has 4 aromatic rings. The van der Waals surface area contributed by atoms with Gasteiger partial charge in [0.05, 0.1) is 21.1 Å². The minimum atomic E-state index is 0.425. The summed E-state index contributed by atoms with van der Waals surface area (Å²) < 4.78 is 6.65. The number of hydrogen-bond donors (Lipinski definition) is 0. The molecule has 0 fully saturated rings. The minimum Gasteiger partial charge on any atom is -0.486 e. The number of fused-ring (bicyclic) bond motifs is 1. The van der Waals surface area contributed by atoms with Crippen LogP contribution in [0.25, 0.3) is 22.4 Å². The summed E-state index contributed by atoms with van der Waals surface area (Å²) in [7, 11) is 0. The molecule has 146 valence electrons. The van der Waals surface area contributed by atoms with Gasteiger partial charge < -0.3 is 4.74 Å². The molecule has 0 aliphatic heterocycles. The Labute approximate surface area is 189 Å². The third kappa shape index (κ3) is 4.57. The van der Waals surface area contributed by atoms with Gasteiger partial charge in [-0.15, -0.1) is 0 Å². The third-order valence-electron chi connectivity index (χ3n) is 4.74. The molecule has 30 heavy (non-hydrogen) atoms. The first-order valence-corrected chi connectivity index (χ1v) is 10.6. The maximum atomic E-state index is 9.73. The van der Waals surface area contributed by atoms with Gasteiger partial charge in [0.25, 0.3) is 0 Å². The van der Waals surface area contributed by atoms with Crippen LogP contribution < -0.4 is 4.74 Å². The van der Waals surface area contributed by atoms with Gasteiger partial charge in [-0.25, -0.2) is 0 Å². The van der Waals surface area contributed by atoms with E-state index in [0.29, 0.717) is 23.0 Å². The highest BCUT2D eigenvalue weighted by Crippen LogP contribution is 2.36. The molecule has 0 unspecified atom stereocenters. The lowest BCUT2D eigenvalue weighted by Gasteiger charge is -2.11. The van der Waals surface area contributed by atoms with E-state index in [0.717, 1.165) is 31.9 Å². The molecule has 0 heterocycles. The van der Waals surface area contributed by atoms with Crippen molar-refractivity contribution in [1.82, 2.24) is 0 Å². The number of ether oxygens (including phenoxy) is 1. The largest absolute Gasteiger partial charge is 0.486 e. The first-order valence-electron chi connectivity index (χ1n) is 9.41. The molecule has 0 saturated heterocycles. The highest BCUT2D eigenvalue weighted by atomic mass is 79.9. The summed E-state index contributed by atoms with van der Waals surface area (Å²) in [5, 5.41) is 12.5. The topological polar surface area (TPSA) is 33.0 Å². The predicted molar refractivity (Wildman–Crippen MR) is 127 cm³/mol. The van der Waals surface area contributed by atoms with Crippen LogP contribution in [0.4, 0.5) is 0 Å². The first kappa shape index (κ1) is 20.2. The van der Waals surface area contributed by atoms with Crippen molar-refractivity contribution in [3.05, 3.63) is 111 Å². The maximum absolute atomic E-state index is 9.73. The molecule has 0 saturated carbocycles. The zero-order valence-corrected chi connectivity index (χ0v) is 18.3. The monoisotopic (exact) mass is 473 g/mol. The zero-order valence-electron chi connectivity index (χ0n) is 16.0. The maximum Gasteiger partial charge on any atom is 0.152 e. The molecular formula is C26H17BrClNO. The fraction of sp³-hybridized carbons (Fsp3) is 0.0385. The normalized spacial score (nSPS) is 11.3. The van der Waals surface area contributed by atoms with Crippen molar-refractivity contribution >= 4 is 50.0 Å². The van der Waals surface area contributed by atoms with Gasteiger partial charge in [-0.05, 0) is 67.7 Å². The van der Waals surface area contributed by atoms with E-state index < -0.39 is 0 Å². The Morgan fingerprint density at radius 1 is 0.933 bits per heavy atom. The SMILES string of the molecule is N#C/C(=C/c1cc(Cl)c(OCc2ccccc2)c(Br)c1)c1ccc2ccccc2c1. The highest BCUT2D eigenvalue weighted by Gasteiger charge is 2.10. The molecule has 0 aliphatic carbocycles. The Morgan fingerprint density at radius 3 is 2.40 bits per heavy atom. The molecule has 0 aromatic heterocycles. The first-order chi connectivity index (χ1) is 14.6. The second-order valence-electron chi connectivity index (χ2n) is 6.82. The van der Waals surface area contributed by atoms with Gasteiger partial charge >= 0.3 is 0 Å². The van der Waals surface area contributed by atoms with Crippen molar-refractivity contribution < 1.29 is 4.74 Å². The second kappa shape index (κ2) is 9.17. The van der Waals surface area contributed by atoms with Gasteiger partial charge in [-0.2, -0.15) is 5.26 Å². The number of nitriles is 1. The van der Waals surface area contributed by atoms with E-state index in [9.17, 15) is 5.26 Å². The molecule has 0 radical (unpaired) electrons. The molecule has 0 amide bonds. The summed E-state index contributed by atoms with van der Waals surface area (Å²) in [5.41, 5.74) is 3.32. The van der Waals surface area contributed by atoms with Crippen LogP contribution >= 0.6 is 27.5 Å². The Bertz CT molecular complexity index is 1250. The summed E-state index contributed by atoms with van der Waals surface area (Å²) in [5.74, 6) is 0.585. The molecule has 4 rings (SSSR count). The second-order valence-corrected chi connectivity index (χ2v) is 8.08. The molecule has 0 aliphatic rings. The summed E-state index contributed by atoms with van der Waals surface area (Å²) in [6.45, 7) is 0.425. The molecular weight excluding hydrogens is 458 g/mol. The molecule has 0 bridgehead atoms. The van der Waals surface area contributed by atoms with Crippen molar-refractivity contribution in [1.29, 1.82) is 5.26 Å². The van der Waals surface area contributed by atoms with Crippen molar-refractivity contribution in [2.45, 2.75) is 6.61 Å². The Morgan fingerprint density at radius 2 is 1.67 bits per heavy atom. The summed E-state index contributed by atoms with van der Waals surface area (Å²) in [6.07, 6.45) is 1.84. The molecule has 4 heteroatoms. The number of benzene rings is 4.